The van der Waals surface area contributed by atoms with E-state index in [1.165, 1.54) is 18.3 Å². The van der Waals surface area contributed by atoms with E-state index >= 15 is 0 Å². The minimum Gasteiger partial charge on any atom is -0.490 e. The van der Waals surface area contributed by atoms with Gasteiger partial charge in [0.05, 0.1) is 29.5 Å². The SMILES string of the molecule is C=CCOc1ccc(C(=O)N/N=C/c2cc(Br)c(OCc3ccc(C(=O)O)cc3)c(OCC)c2)cc1OCC. The monoisotopic (exact) mass is 596 g/mol. The number of halogens is 1. The first-order valence-corrected chi connectivity index (χ1v) is 12.9. The number of carboxylic acids is 1. The van der Waals surface area contributed by atoms with Crippen molar-refractivity contribution in [3.8, 4) is 23.0 Å². The van der Waals surface area contributed by atoms with Crippen LogP contribution in [-0.4, -0.2) is 43.0 Å². The van der Waals surface area contributed by atoms with Gasteiger partial charge in [-0.05, 0) is 83.4 Å². The third-order valence-electron chi connectivity index (χ3n) is 5.16. The van der Waals surface area contributed by atoms with E-state index in [1.54, 1.807) is 48.5 Å². The number of carbonyl (C=O) groups is 2. The highest BCUT2D eigenvalue weighted by molar-refractivity contribution is 9.10. The van der Waals surface area contributed by atoms with Gasteiger partial charge in [-0.15, -0.1) is 0 Å². The molecule has 0 aliphatic heterocycles. The van der Waals surface area contributed by atoms with Crippen LogP contribution in [0.3, 0.4) is 0 Å². The number of nitrogens with zero attached hydrogens (tertiary/aromatic N) is 1. The van der Waals surface area contributed by atoms with Crippen LogP contribution in [0.15, 0.2) is 76.8 Å². The van der Waals surface area contributed by atoms with Crippen LogP contribution in [0.2, 0.25) is 0 Å². The van der Waals surface area contributed by atoms with E-state index < -0.39 is 11.9 Å². The molecule has 3 aromatic carbocycles. The molecule has 3 aromatic rings. The Morgan fingerprint density at radius 1 is 0.923 bits per heavy atom. The normalized spacial score (nSPS) is 10.6. The summed E-state index contributed by atoms with van der Waals surface area (Å²) in [6, 6.07) is 14.8. The maximum absolute atomic E-state index is 12.7. The number of hydrogen-bond donors (Lipinski definition) is 2. The summed E-state index contributed by atoms with van der Waals surface area (Å²) in [7, 11) is 0. The number of benzene rings is 3. The summed E-state index contributed by atoms with van der Waals surface area (Å²) in [5, 5.41) is 13.1. The number of carbonyl (C=O) groups excluding carboxylic acids is 1. The van der Waals surface area contributed by atoms with Crippen LogP contribution >= 0.6 is 15.9 Å². The molecule has 2 N–H and O–H groups in total. The average molecular weight is 597 g/mol. The Labute approximate surface area is 235 Å². The zero-order chi connectivity index (χ0) is 28.2. The Morgan fingerprint density at radius 3 is 2.28 bits per heavy atom. The molecule has 3 rings (SSSR count). The van der Waals surface area contributed by atoms with E-state index in [0.717, 1.165) is 5.56 Å². The Morgan fingerprint density at radius 2 is 1.62 bits per heavy atom. The molecule has 204 valence electrons. The summed E-state index contributed by atoms with van der Waals surface area (Å²) in [5.74, 6) is 0.542. The lowest BCUT2D eigenvalue weighted by Gasteiger charge is -2.15. The van der Waals surface area contributed by atoms with Gasteiger partial charge in [0.1, 0.15) is 13.2 Å². The molecule has 0 aliphatic rings. The van der Waals surface area contributed by atoms with E-state index in [1.807, 2.05) is 13.8 Å². The molecule has 0 saturated heterocycles. The molecular weight excluding hydrogens is 568 g/mol. The van der Waals surface area contributed by atoms with Gasteiger partial charge < -0.3 is 24.1 Å². The van der Waals surface area contributed by atoms with Crippen molar-refractivity contribution in [2.24, 2.45) is 5.10 Å². The van der Waals surface area contributed by atoms with E-state index in [-0.39, 0.29) is 12.2 Å². The fourth-order valence-corrected chi connectivity index (χ4v) is 3.95. The molecule has 1 amide bonds. The quantitative estimate of drug-likeness (QED) is 0.136. The smallest absolute Gasteiger partial charge is 0.335 e. The molecule has 0 aromatic heterocycles. The van der Waals surface area contributed by atoms with Gasteiger partial charge in [-0.1, -0.05) is 24.8 Å². The van der Waals surface area contributed by atoms with Gasteiger partial charge in [0.25, 0.3) is 5.91 Å². The molecule has 0 unspecified atom stereocenters. The number of aromatic carboxylic acids is 1. The maximum Gasteiger partial charge on any atom is 0.335 e. The second-order valence-corrected chi connectivity index (χ2v) is 8.80. The third-order valence-corrected chi connectivity index (χ3v) is 5.75. The number of hydrogen-bond acceptors (Lipinski definition) is 7. The Kier molecular flexibility index (Phi) is 10.9. The van der Waals surface area contributed by atoms with Crippen molar-refractivity contribution in [1.29, 1.82) is 0 Å². The predicted octanol–water partition coefficient (Wildman–Crippen LogP) is 5.85. The van der Waals surface area contributed by atoms with Gasteiger partial charge in [-0.3, -0.25) is 4.79 Å². The van der Waals surface area contributed by atoms with Crippen molar-refractivity contribution < 1.29 is 33.6 Å². The second-order valence-electron chi connectivity index (χ2n) is 7.95. The molecule has 0 spiro atoms. The molecule has 10 heteroatoms. The van der Waals surface area contributed by atoms with Gasteiger partial charge in [-0.2, -0.15) is 5.10 Å². The first-order chi connectivity index (χ1) is 18.9. The molecule has 0 saturated carbocycles. The van der Waals surface area contributed by atoms with Crippen molar-refractivity contribution in [2.75, 3.05) is 19.8 Å². The highest BCUT2D eigenvalue weighted by Gasteiger charge is 2.14. The van der Waals surface area contributed by atoms with Gasteiger partial charge in [0, 0.05) is 5.56 Å². The summed E-state index contributed by atoms with van der Waals surface area (Å²) in [6.07, 6.45) is 3.12. The van der Waals surface area contributed by atoms with Crippen LogP contribution in [0.1, 0.15) is 45.7 Å². The number of amides is 1. The van der Waals surface area contributed by atoms with Crippen molar-refractivity contribution in [3.05, 3.63) is 94.0 Å². The summed E-state index contributed by atoms with van der Waals surface area (Å²) in [4.78, 5) is 23.7. The number of carboxylic acid groups (broad SMARTS) is 1. The van der Waals surface area contributed by atoms with Gasteiger partial charge in [-0.25, -0.2) is 10.2 Å². The van der Waals surface area contributed by atoms with Crippen LogP contribution in [0.25, 0.3) is 0 Å². The molecule has 9 nitrogen and oxygen atoms in total. The average Bonchev–Trinajstić information content (AvgIpc) is 2.92. The molecule has 0 aliphatic carbocycles. The van der Waals surface area contributed by atoms with Crippen molar-refractivity contribution >= 4 is 34.0 Å². The summed E-state index contributed by atoms with van der Waals surface area (Å²) in [5.41, 5.74) is 4.54. The van der Waals surface area contributed by atoms with Gasteiger partial charge in [0.15, 0.2) is 23.0 Å². The van der Waals surface area contributed by atoms with E-state index in [9.17, 15) is 9.59 Å². The molecule has 0 radical (unpaired) electrons. The third kappa shape index (κ3) is 8.34. The number of rotatable bonds is 14. The zero-order valence-electron chi connectivity index (χ0n) is 21.6. The standard InChI is InChI=1S/C29H29BrN2O7/c1-4-13-38-24-12-11-22(16-25(24)36-5-2)28(33)32-31-17-20-14-23(30)27(26(15-20)37-6-3)39-18-19-7-9-21(10-8-19)29(34)35/h4,7-12,14-17H,1,5-6,13,18H2,2-3H3,(H,32,33)(H,34,35)/b31-17+. The topological polar surface area (TPSA) is 116 Å². The van der Waals surface area contributed by atoms with Crippen LogP contribution < -0.4 is 24.4 Å². The molecule has 0 heterocycles. The fraction of sp³-hybridized carbons (Fsp3) is 0.207. The summed E-state index contributed by atoms with van der Waals surface area (Å²) in [6.45, 7) is 8.68. The molecule has 39 heavy (non-hydrogen) atoms. The zero-order valence-corrected chi connectivity index (χ0v) is 23.2. The first kappa shape index (κ1) is 29.2. The van der Waals surface area contributed by atoms with E-state index in [4.69, 9.17) is 24.1 Å². The largest absolute Gasteiger partial charge is 0.490 e. The molecule has 0 fully saturated rings. The number of ether oxygens (including phenoxy) is 4. The first-order valence-electron chi connectivity index (χ1n) is 12.1. The Bertz CT molecular complexity index is 1340. The Balaban J connectivity index is 1.70. The Hall–Kier alpha value is -4.31. The minimum absolute atomic E-state index is 0.204. The van der Waals surface area contributed by atoms with Crippen LogP contribution in [0.4, 0.5) is 0 Å². The molecular formula is C29H29BrN2O7. The van der Waals surface area contributed by atoms with Crippen LogP contribution in [0, 0.1) is 0 Å². The second kappa shape index (κ2) is 14.6. The van der Waals surface area contributed by atoms with E-state index in [0.29, 0.717) is 58.4 Å². The van der Waals surface area contributed by atoms with Crippen molar-refractivity contribution in [3.63, 3.8) is 0 Å². The van der Waals surface area contributed by atoms with Crippen LogP contribution in [-0.2, 0) is 6.61 Å². The highest BCUT2D eigenvalue weighted by Crippen LogP contribution is 2.37. The maximum atomic E-state index is 12.7. The summed E-state index contributed by atoms with van der Waals surface area (Å²) >= 11 is 3.51. The fourth-order valence-electron chi connectivity index (χ4n) is 3.38. The van der Waals surface area contributed by atoms with E-state index in [2.05, 4.69) is 33.0 Å². The lowest BCUT2D eigenvalue weighted by atomic mass is 10.1. The predicted molar refractivity (Wildman–Crippen MR) is 151 cm³/mol. The lowest BCUT2D eigenvalue weighted by Crippen LogP contribution is -2.17. The lowest BCUT2D eigenvalue weighted by molar-refractivity contribution is 0.0696. The van der Waals surface area contributed by atoms with Gasteiger partial charge in [0.2, 0.25) is 0 Å². The van der Waals surface area contributed by atoms with Crippen LogP contribution in [0.5, 0.6) is 23.0 Å². The number of nitrogens with one attached hydrogen (secondary N) is 1. The van der Waals surface area contributed by atoms with Gasteiger partial charge >= 0.3 is 5.97 Å². The minimum atomic E-state index is -0.987. The summed E-state index contributed by atoms with van der Waals surface area (Å²) < 4.78 is 23.5. The van der Waals surface area contributed by atoms with Crippen molar-refractivity contribution in [2.45, 2.75) is 20.5 Å². The number of hydrazone groups is 1. The highest BCUT2D eigenvalue weighted by atomic mass is 79.9. The van der Waals surface area contributed by atoms with Crippen molar-refractivity contribution in [1.82, 2.24) is 5.43 Å². The molecule has 0 bridgehead atoms. The molecule has 0 atom stereocenters.